The maximum atomic E-state index is 13.2. The maximum absolute atomic E-state index is 13.2. The van der Waals surface area contributed by atoms with Gasteiger partial charge in [0.1, 0.15) is 0 Å². The van der Waals surface area contributed by atoms with Crippen LogP contribution < -0.4 is 14.2 Å². The fourth-order valence-electron chi connectivity index (χ4n) is 4.56. The molecule has 2 heterocycles. The summed E-state index contributed by atoms with van der Waals surface area (Å²) in [5, 5.41) is 10.4. The second-order valence-electron chi connectivity index (χ2n) is 10.3. The number of β-amino-alcohol motifs (C(OH)–C–C–N with tert-alkyl or cyclic N) is 1. The van der Waals surface area contributed by atoms with Gasteiger partial charge in [-0.1, -0.05) is 0 Å². The van der Waals surface area contributed by atoms with Crippen LogP contribution in [-0.2, 0) is 9.47 Å². The van der Waals surface area contributed by atoms with Gasteiger partial charge in [-0.2, -0.15) is 0 Å². The first-order chi connectivity index (χ1) is 17.1. The molecular formula is C26H43N3O7. The standard InChI is InChI=1S/C26H43N3O7/c1-26(2,3)36-18-20(30)15-28-11-12-35-21(17-28)16-27-7-9-29(10-8-27)25(31)19-13-22(32-4)24(34-6)23(14-19)33-5/h13-14,20-21,30H,7-12,15-18H2,1-6H3. The molecule has 3 rings (SSSR count). The number of aliphatic hydroxyl groups is 1. The summed E-state index contributed by atoms with van der Waals surface area (Å²) >= 11 is 0. The Morgan fingerprint density at radius 3 is 2.22 bits per heavy atom. The van der Waals surface area contributed by atoms with E-state index in [4.69, 9.17) is 23.7 Å². The third-order valence-corrected chi connectivity index (χ3v) is 6.43. The Balaban J connectivity index is 1.48. The van der Waals surface area contributed by atoms with Gasteiger partial charge >= 0.3 is 0 Å². The molecule has 204 valence electrons. The minimum atomic E-state index is -0.521. The molecule has 1 aromatic rings. The van der Waals surface area contributed by atoms with E-state index in [-0.39, 0.29) is 17.6 Å². The minimum absolute atomic E-state index is 0.0551. The van der Waals surface area contributed by atoms with Crippen LogP contribution in [0.4, 0.5) is 0 Å². The van der Waals surface area contributed by atoms with Gasteiger partial charge in [0.25, 0.3) is 5.91 Å². The van der Waals surface area contributed by atoms with Crippen molar-refractivity contribution in [2.45, 2.75) is 38.6 Å². The lowest BCUT2D eigenvalue weighted by atomic mass is 10.1. The van der Waals surface area contributed by atoms with Gasteiger partial charge in [0.2, 0.25) is 5.75 Å². The largest absolute Gasteiger partial charge is 0.493 e. The van der Waals surface area contributed by atoms with E-state index in [1.54, 1.807) is 33.5 Å². The molecule has 0 saturated carbocycles. The summed E-state index contributed by atoms with van der Waals surface area (Å²) in [5.41, 5.74) is 0.252. The van der Waals surface area contributed by atoms with Crippen LogP contribution >= 0.6 is 0 Å². The van der Waals surface area contributed by atoms with Gasteiger partial charge < -0.3 is 33.7 Å². The smallest absolute Gasteiger partial charge is 0.254 e. The molecule has 0 aliphatic carbocycles. The van der Waals surface area contributed by atoms with Crippen molar-refractivity contribution in [3.8, 4) is 17.2 Å². The fourth-order valence-corrected chi connectivity index (χ4v) is 4.56. The highest BCUT2D eigenvalue weighted by molar-refractivity contribution is 5.95. The molecule has 2 fully saturated rings. The Morgan fingerprint density at radius 2 is 1.67 bits per heavy atom. The topological polar surface area (TPSA) is 93.2 Å². The molecule has 0 aromatic heterocycles. The molecule has 2 aliphatic heterocycles. The summed E-state index contributed by atoms with van der Waals surface area (Å²) in [6.45, 7) is 12.7. The first-order valence-electron chi connectivity index (χ1n) is 12.6. The third-order valence-electron chi connectivity index (χ3n) is 6.43. The van der Waals surface area contributed by atoms with Crippen LogP contribution in [0.3, 0.4) is 0 Å². The average Bonchev–Trinajstić information content (AvgIpc) is 2.86. The summed E-state index contributed by atoms with van der Waals surface area (Å²) in [6.07, 6.45) is -0.445. The molecule has 10 nitrogen and oxygen atoms in total. The maximum Gasteiger partial charge on any atom is 0.254 e. The zero-order valence-electron chi connectivity index (χ0n) is 22.6. The van der Waals surface area contributed by atoms with E-state index in [2.05, 4.69) is 9.80 Å². The zero-order chi connectivity index (χ0) is 26.3. The number of aliphatic hydroxyl groups excluding tert-OH is 1. The van der Waals surface area contributed by atoms with E-state index in [0.717, 1.165) is 32.7 Å². The van der Waals surface area contributed by atoms with Crippen LogP contribution in [0.15, 0.2) is 12.1 Å². The summed E-state index contributed by atoms with van der Waals surface area (Å²) < 4.78 is 27.9. The monoisotopic (exact) mass is 509 g/mol. The van der Waals surface area contributed by atoms with Crippen molar-refractivity contribution >= 4 is 5.91 Å². The number of hydrogen-bond donors (Lipinski definition) is 1. The Hall–Kier alpha value is -2.11. The number of carbonyl (C=O) groups excluding carboxylic acids is 1. The van der Waals surface area contributed by atoms with Crippen molar-refractivity contribution in [3.05, 3.63) is 17.7 Å². The van der Waals surface area contributed by atoms with E-state index in [0.29, 0.717) is 55.7 Å². The normalized spacial score (nSPS) is 20.8. The fraction of sp³-hybridized carbons (Fsp3) is 0.731. The highest BCUT2D eigenvalue weighted by Crippen LogP contribution is 2.38. The molecule has 2 aliphatic rings. The number of ether oxygens (including phenoxy) is 5. The van der Waals surface area contributed by atoms with E-state index in [1.807, 2.05) is 25.7 Å². The van der Waals surface area contributed by atoms with Gasteiger partial charge in [0, 0.05) is 57.9 Å². The Morgan fingerprint density at radius 1 is 1.03 bits per heavy atom. The highest BCUT2D eigenvalue weighted by atomic mass is 16.5. The number of nitrogens with zero attached hydrogens (tertiary/aromatic N) is 3. The number of carbonyl (C=O) groups is 1. The van der Waals surface area contributed by atoms with Crippen LogP contribution in [0, 0.1) is 0 Å². The molecule has 2 saturated heterocycles. The first-order valence-corrected chi connectivity index (χ1v) is 12.6. The Labute approximate surface area is 215 Å². The molecular weight excluding hydrogens is 466 g/mol. The number of benzene rings is 1. The number of morpholine rings is 1. The van der Waals surface area contributed by atoms with Crippen LogP contribution in [0.5, 0.6) is 17.2 Å². The van der Waals surface area contributed by atoms with E-state index in [9.17, 15) is 9.90 Å². The van der Waals surface area contributed by atoms with E-state index in [1.165, 1.54) is 0 Å². The quantitative estimate of drug-likeness (QED) is 0.502. The molecule has 2 unspecified atom stereocenters. The Kier molecular flexibility index (Phi) is 10.2. The molecule has 1 N–H and O–H groups in total. The summed E-state index contributed by atoms with van der Waals surface area (Å²) in [4.78, 5) is 19.6. The Bertz CT molecular complexity index is 827. The molecule has 1 aromatic carbocycles. The van der Waals surface area contributed by atoms with E-state index >= 15 is 0 Å². The highest BCUT2D eigenvalue weighted by Gasteiger charge is 2.28. The molecule has 2 atom stereocenters. The van der Waals surface area contributed by atoms with Crippen molar-refractivity contribution in [2.24, 2.45) is 0 Å². The number of piperazine rings is 1. The van der Waals surface area contributed by atoms with Gasteiger partial charge in [0.15, 0.2) is 11.5 Å². The van der Waals surface area contributed by atoms with Crippen molar-refractivity contribution in [1.29, 1.82) is 0 Å². The average molecular weight is 510 g/mol. The van der Waals surface area contributed by atoms with Gasteiger partial charge in [-0.15, -0.1) is 0 Å². The van der Waals surface area contributed by atoms with Gasteiger partial charge in [0.05, 0.1) is 52.4 Å². The van der Waals surface area contributed by atoms with Crippen molar-refractivity contribution in [3.63, 3.8) is 0 Å². The summed E-state index contributed by atoms with van der Waals surface area (Å²) in [6, 6.07) is 3.39. The lowest BCUT2D eigenvalue weighted by Crippen LogP contribution is -2.54. The molecule has 36 heavy (non-hydrogen) atoms. The number of amides is 1. The first kappa shape index (κ1) is 28.5. The van der Waals surface area contributed by atoms with Crippen LogP contribution in [0.2, 0.25) is 0 Å². The zero-order valence-corrected chi connectivity index (χ0v) is 22.6. The van der Waals surface area contributed by atoms with E-state index < -0.39 is 6.10 Å². The molecule has 0 radical (unpaired) electrons. The predicted molar refractivity (Wildman–Crippen MR) is 136 cm³/mol. The molecule has 0 bridgehead atoms. The number of hydrogen-bond acceptors (Lipinski definition) is 9. The molecule has 10 heteroatoms. The van der Waals surface area contributed by atoms with Crippen molar-refractivity contribution in [2.75, 3.05) is 86.9 Å². The van der Waals surface area contributed by atoms with Gasteiger partial charge in [-0.05, 0) is 32.9 Å². The van der Waals surface area contributed by atoms with Gasteiger partial charge in [-0.25, -0.2) is 0 Å². The van der Waals surface area contributed by atoms with Gasteiger partial charge in [-0.3, -0.25) is 14.6 Å². The molecule has 0 spiro atoms. The molecule has 1 amide bonds. The number of rotatable bonds is 10. The second kappa shape index (κ2) is 12.9. The van der Waals surface area contributed by atoms with Crippen LogP contribution in [-0.4, -0.2) is 130 Å². The van der Waals surface area contributed by atoms with Crippen LogP contribution in [0.1, 0.15) is 31.1 Å². The summed E-state index contributed by atoms with van der Waals surface area (Å²) in [7, 11) is 4.62. The lowest BCUT2D eigenvalue weighted by Gasteiger charge is -2.39. The van der Waals surface area contributed by atoms with Crippen LogP contribution in [0.25, 0.3) is 0 Å². The van der Waals surface area contributed by atoms with Crippen molar-refractivity contribution in [1.82, 2.24) is 14.7 Å². The second-order valence-corrected chi connectivity index (χ2v) is 10.3. The summed E-state index contributed by atoms with van der Waals surface area (Å²) in [5.74, 6) is 1.35. The predicted octanol–water partition coefficient (Wildman–Crippen LogP) is 1.35. The lowest BCUT2D eigenvalue weighted by molar-refractivity contribution is -0.0804. The minimum Gasteiger partial charge on any atom is -0.493 e. The van der Waals surface area contributed by atoms with Crippen molar-refractivity contribution < 1.29 is 33.6 Å². The third kappa shape index (κ3) is 7.94. The SMILES string of the molecule is COc1cc(C(=O)N2CCN(CC3CN(CC(O)COC(C)(C)C)CCO3)CC2)cc(OC)c1OC. The number of methoxy groups -OCH3 is 3.